The number of anilines is 1. The normalized spacial score (nSPS) is 29.3. The highest BCUT2D eigenvalue weighted by molar-refractivity contribution is 6.41. The highest BCUT2D eigenvalue weighted by Crippen LogP contribution is 2.44. The molecular formula is C24H27B2F3N4O2. The molecule has 4 atom stereocenters. The van der Waals surface area contributed by atoms with Crippen LogP contribution in [0.3, 0.4) is 0 Å². The third-order valence-corrected chi connectivity index (χ3v) is 7.88. The number of halogens is 3. The molecule has 1 aromatic carbocycles. The summed E-state index contributed by atoms with van der Waals surface area (Å²) in [6.07, 6.45) is 3.45. The van der Waals surface area contributed by atoms with Gasteiger partial charge in [0.05, 0.1) is 33.6 Å². The zero-order valence-electron chi connectivity index (χ0n) is 19.6. The number of aromatic nitrogens is 2. The summed E-state index contributed by atoms with van der Waals surface area (Å²) in [4.78, 5) is 2.14. The number of fused-ring (bicyclic) bond motifs is 1. The molecule has 35 heavy (non-hydrogen) atoms. The second-order valence-corrected chi connectivity index (χ2v) is 9.97. The number of rotatable bonds is 6. The summed E-state index contributed by atoms with van der Waals surface area (Å²) in [5.41, 5.74) is -0.934. The van der Waals surface area contributed by atoms with E-state index in [9.17, 15) is 13.2 Å². The van der Waals surface area contributed by atoms with Crippen LogP contribution in [-0.2, 0) is 9.47 Å². The smallest absolute Gasteiger partial charge is 0.168 e. The fourth-order valence-corrected chi connectivity index (χ4v) is 5.92. The number of hydrogen-bond donors (Lipinski definition) is 1. The summed E-state index contributed by atoms with van der Waals surface area (Å²) < 4.78 is 52.6. The summed E-state index contributed by atoms with van der Waals surface area (Å²) >= 11 is 0. The van der Waals surface area contributed by atoms with Gasteiger partial charge in [0.25, 0.3) is 0 Å². The van der Waals surface area contributed by atoms with Gasteiger partial charge in [-0.25, -0.2) is 13.2 Å². The molecular weight excluding hydrogens is 455 g/mol. The van der Waals surface area contributed by atoms with Crippen molar-refractivity contribution in [1.29, 1.82) is 0 Å². The van der Waals surface area contributed by atoms with Crippen molar-refractivity contribution in [2.45, 2.75) is 42.7 Å². The van der Waals surface area contributed by atoms with Crippen molar-refractivity contribution in [2.75, 3.05) is 38.7 Å². The van der Waals surface area contributed by atoms with Crippen molar-refractivity contribution in [3.05, 3.63) is 41.7 Å². The molecule has 5 rings (SSSR count). The van der Waals surface area contributed by atoms with Crippen molar-refractivity contribution in [3.8, 4) is 11.3 Å². The molecule has 0 bridgehead atoms. The Morgan fingerprint density at radius 1 is 1.14 bits per heavy atom. The molecule has 182 valence electrons. The Hall–Kier alpha value is -2.10. The minimum Gasteiger partial charge on any atom is -0.378 e. The molecule has 0 amide bonds. The van der Waals surface area contributed by atoms with Gasteiger partial charge in [-0.3, -0.25) is 0 Å². The average molecular weight is 482 g/mol. The lowest BCUT2D eigenvalue weighted by Gasteiger charge is -2.53. The highest BCUT2D eigenvalue weighted by Gasteiger charge is 2.53. The second kappa shape index (κ2) is 9.41. The summed E-state index contributed by atoms with van der Waals surface area (Å²) in [7, 11) is 15.0. The highest BCUT2D eigenvalue weighted by atomic mass is 19.2. The quantitative estimate of drug-likeness (QED) is 0.505. The Morgan fingerprint density at radius 3 is 2.49 bits per heavy atom. The van der Waals surface area contributed by atoms with Gasteiger partial charge in [0, 0.05) is 44.5 Å². The fourth-order valence-electron chi connectivity index (χ4n) is 5.92. The number of benzene rings is 1. The lowest BCUT2D eigenvalue weighted by atomic mass is 9.50. The van der Waals surface area contributed by atoms with Crippen LogP contribution in [0.1, 0.15) is 25.7 Å². The number of methoxy groups -OCH3 is 1. The average Bonchev–Trinajstić information content (AvgIpc) is 3.41. The Morgan fingerprint density at radius 2 is 1.89 bits per heavy atom. The Bertz CT molecular complexity index is 1060. The van der Waals surface area contributed by atoms with Crippen LogP contribution in [0.2, 0.25) is 0 Å². The van der Waals surface area contributed by atoms with Crippen molar-refractivity contribution in [2.24, 2.45) is 11.8 Å². The summed E-state index contributed by atoms with van der Waals surface area (Å²) in [6, 6.07) is 4.73. The van der Waals surface area contributed by atoms with E-state index < -0.39 is 28.4 Å². The van der Waals surface area contributed by atoms with E-state index in [-0.39, 0.29) is 17.3 Å². The summed E-state index contributed by atoms with van der Waals surface area (Å²) in [5, 5.41) is 10.3. The van der Waals surface area contributed by atoms with Crippen LogP contribution in [0.5, 0.6) is 0 Å². The van der Waals surface area contributed by atoms with Crippen LogP contribution in [-0.4, -0.2) is 81.2 Å². The molecule has 2 aliphatic heterocycles. The van der Waals surface area contributed by atoms with E-state index in [1.807, 2.05) is 0 Å². The first-order chi connectivity index (χ1) is 16.7. The Labute approximate surface area is 205 Å². The van der Waals surface area contributed by atoms with E-state index in [1.54, 1.807) is 13.2 Å². The van der Waals surface area contributed by atoms with Crippen LogP contribution in [0.4, 0.5) is 19.0 Å². The molecule has 2 aromatic rings. The van der Waals surface area contributed by atoms with Gasteiger partial charge in [0.2, 0.25) is 0 Å². The van der Waals surface area contributed by atoms with E-state index in [0.29, 0.717) is 36.9 Å². The second-order valence-electron chi connectivity index (χ2n) is 9.97. The monoisotopic (exact) mass is 482 g/mol. The SMILES string of the molecule is [B]C([B])(N1C[C@H]2CC(Nc3ccc(-c4cc(F)cc(F)c4F)nn3)C[C@H]2C1)C1(OC)CCCOC1. The van der Waals surface area contributed by atoms with Gasteiger partial charge in [-0.1, -0.05) is 0 Å². The van der Waals surface area contributed by atoms with Gasteiger partial charge < -0.3 is 19.7 Å². The van der Waals surface area contributed by atoms with Crippen LogP contribution in [0.15, 0.2) is 24.3 Å². The fraction of sp³-hybridized carbons (Fsp3) is 0.583. The van der Waals surface area contributed by atoms with E-state index >= 15 is 0 Å². The van der Waals surface area contributed by atoms with Gasteiger partial charge >= 0.3 is 0 Å². The van der Waals surface area contributed by atoms with Crippen LogP contribution in [0, 0.1) is 29.3 Å². The van der Waals surface area contributed by atoms with Crippen molar-refractivity contribution in [1.82, 2.24) is 15.1 Å². The molecule has 6 nitrogen and oxygen atoms in total. The standard InChI is InChI=1S/C24H27B2F3N4O2/c1-34-23(5-2-6-35-13-23)24(25,26)33-11-14-7-17(8-15(14)12-33)30-21-4-3-20(31-32-21)18-9-16(27)10-19(28)22(18)29/h3-4,9-10,14-15,17H,2,5-8,11-13H2,1H3,(H,30,32)/t14-,15+,17?,23?. The van der Waals surface area contributed by atoms with Crippen molar-refractivity contribution >= 4 is 21.5 Å². The zero-order valence-corrected chi connectivity index (χ0v) is 19.6. The molecule has 11 heteroatoms. The van der Waals surface area contributed by atoms with Gasteiger partial charge in [-0.05, 0) is 61.1 Å². The molecule has 0 spiro atoms. The van der Waals surface area contributed by atoms with E-state index in [1.165, 1.54) is 6.07 Å². The topological polar surface area (TPSA) is 59.5 Å². The van der Waals surface area contributed by atoms with E-state index in [4.69, 9.17) is 25.2 Å². The maximum atomic E-state index is 14.0. The maximum absolute atomic E-state index is 14.0. The van der Waals surface area contributed by atoms with Gasteiger partial charge in [0.15, 0.2) is 11.6 Å². The van der Waals surface area contributed by atoms with Crippen LogP contribution in [0.25, 0.3) is 11.3 Å². The molecule has 3 fully saturated rings. The van der Waals surface area contributed by atoms with E-state index in [2.05, 4.69) is 20.4 Å². The molecule has 1 aliphatic carbocycles. The molecule has 1 saturated carbocycles. The Kier molecular flexibility index (Phi) is 6.61. The molecule has 2 saturated heterocycles. The number of nitrogens with one attached hydrogen (secondary N) is 1. The summed E-state index contributed by atoms with van der Waals surface area (Å²) in [5.74, 6) is -1.91. The third-order valence-electron chi connectivity index (χ3n) is 7.88. The largest absolute Gasteiger partial charge is 0.378 e. The predicted octanol–water partition coefficient (Wildman–Crippen LogP) is 2.87. The molecule has 1 N–H and O–H groups in total. The van der Waals surface area contributed by atoms with Gasteiger partial charge in [-0.2, -0.15) is 0 Å². The minimum atomic E-state index is -1.26. The van der Waals surface area contributed by atoms with Crippen molar-refractivity contribution < 1.29 is 22.6 Å². The first-order valence-corrected chi connectivity index (χ1v) is 11.9. The van der Waals surface area contributed by atoms with E-state index in [0.717, 1.165) is 44.8 Å². The lowest BCUT2D eigenvalue weighted by Crippen LogP contribution is -2.68. The number of ether oxygens (including phenoxy) is 2. The maximum Gasteiger partial charge on any atom is 0.168 e. The number of likely N-dealkylation sites (tertiary alicyclic amines) is 1. The lowest BCUT2D eigenvalue weighted by molar-refractivity contribution is -0.142. The predicted molar refractivity (Wildman–Crippen MR) is 127 cm³/mol. The third kappa shape index (κ3) is 4.47. The zero-order chi connectivity index (χ0) is 24.8. The van der Waals surface area contributed by atoms with Gasteiger partial charge in [-0.15, -0.1) is 10.2 Å². The minimum absolute atomic E-state index is 0.0615. The van der Waals surface area contributed by atoms with Gasteiger partial charge in [0.1, 0.15) is 11.6 Å². The summed E-state index contributed by atoms with van der Waals surface area (Å²) in [6.45, 7) is 2.62. The molecule has 1 aromatic heterocycles. The molecule has 4 radical (unpaired) electrons. The first-order valence-electron chi connectivity index (χ1n) is 11.9. The Balaban J connectivity index is 1.21. The van der Waals surface area contributed by atoms with Crippen LogP contribution >= 0.6 is 0 Å². The molecule has 3 aliphatic rings. The van der Waals surface area contributed by atoms with Crippen molar-refractivity contribution in [3.63, 3.8) is 0 Å². The number of hydrogen-bond acceptors (Lipinski definition) is 6. The van der Waals surface area contributed by atoms with Crippen LogP contribution < -0.4 is 5.32 Å². The molecule has 2 unspecified atom stereocenters. The first kappa shape index (κ1) is 24.6. The molecule has 3 heterocycles. The number of nitrogens with zero attached hydrogens (tertiary/aromatic N) is 3.